The highest BCUT2D eigenvalue weighted by atomic mass is 16.2. The average Bonchev–Trinajstić information content (AvgIpc) is 2.75. The number of para-hydroxylation sites is 1. The van der Waals surface area contributed by atoms with Crippen LogP contribution in [0, 0.1) is 5.92 Å². The first-order valence-corrected chi connectivity index (χ1v) is 10.8. The number of aryl methyl sites for hydroxylation is 1. The van der Waals surface area contributed by atoms with Gasteiger partial charge in [-0.05, 0) is 54.9 Å². The molecule has 1 fully saturated rings. The highest BCUT2D eigenvalue weighted by molar-refractivity contribution is 5.93. The molecule has 148 valence electrons. The van der Waals surface area contributed by atoms with Crippen LogP contribution in [0.2, 0.25) is 0 Å². The monoisotopic (exact) mass is 376 g/mol. The van der Waals surface area contributed by atoms with Crippen molar-refractivity contribution in [3.8, 4) is 0 Å². The summed E-state index contributed by atoms with van der Waals surface area (Å²) in [5.74, 6) is 0.713. The molecule has 0 N–H and O–H groups in total. The van der Waals surface area contributed by atoms with Gasteiger partial charge in [-0.25, -0.2) is 0 Å². The summed E-state index contributed by atoms with van der Waals surface area (Å²) in [6.07, 6.45) is 5.23. The van der Waals surface area contributed by atoms with Crippen LogP contribution < -0.4 is 4.90 Å². The van der Waals surface area contributed by atoms with Gasteiger partial charge in [0.25, 0.3) is 0 Å². The van der Waals surface area contributed by atoms with Gasteiger partial charge in [0.1, 0.15) is 0 Å². The highest BCUT2D eigenvalue weighted by Crippen LogP contribution is 2.32. The third-order valence-corrected chi connectivity index (χ3v) is 6.67. The molecule has 3 unspecified atom stereocenters. The van der Waals surface area contributed by atoms with Crippen LogP contribution in [0.5, 0.6) is 0 Å². The molecule has 3 nitrogen and oxygen atoms in total. The number of hydrogen-bond donors (Lipinski definition) is 0. The van der Waals surface area contributed by atoms with Crippen LogP contribution in [0.3, 0.4) is 0 Å². The van der Waals surface area contributed by atoms with E-state index >= 15 is 0 Å². The standard InChI is InChI=1S/C25H32N2O/c1-3-25(28)27(22-11-5-4-6-12-22)24-15-16-26(18-19(24)2)23-14-13-20-9-7-8-10-21(20)17-23/h4-12,19,23-24H,3,13-18H2,1-2H3. The lowest BCUT2D eigenvalue weighted by atomic mass is 9.84. The maximum Gasteiger partial charge on any atom is 0.226 e. The first-order valence-electron chi connectivity index (χ1n) is 10.8. The summed E-state index contributed by atoms with van der Waals surface area (Å²) < 4.78 is 0. The lowest BCUT2D eigenvalue weighted by molar-refractivity contribution is -0.119. The normalized spacial score (nSPS) is 25.1. The van der Waals surface area contributed by atoms with Crippen molar-refractivity contribution < 1.29 is 4.79 Å². The lowest BCUT2D eigenvalue weighted by Gasteiger charge is -2.46. The number of carbonyl (C=O) groups is 1. The fourth-order valence-corrected chi connectivity index (χ4v) is 5.15. The fraction of sp³-hybridized carbons (Fsp3) is 0.480. The fourth-order valence-electron chi connectivity index (χ4n) is 5.15. The van der Waals surface area contributed by atoms with Crippen molar-refractivity contribution in [2.75, 3.05) is 18.0 Å². The molecule has 28 heavy (non-hydrogen) atoms. The van der Waals surface area contributed by atoms with E-state index in [1.54, 1.807) is 0 Å². The van der Waals surface area contributed by atoms with E-state index in [1.165, 1.54) is 30.4 Å². The van der Waals surface area contributed by atoms with E-state index in [4.69, 9.17) is 0 Å². The molecular weight excluding hydrogens is 344 g/mol. The minimum atomic E-state index is 0.239. The minimum Gasteiger partial charge on any atom is -0.309 e. The Morgan fingerprint density at radius 1 is 1.04 bits per heavy atom. The van der Waals surface area contributed by atoms with E-state index in [0.29, 0.717) is 24.4 Å². The van der Waals surface area contributed by atoms with Gasteiger partial charge in [-0.2, -0.15) is 0 Å². The van der Waals surface area contributed by atoms with E-state index in [2.05, 4.69) is 53.1 Å². The van der Waals surface area contributed by atoms with Crippen LogP contribution in [0.1, 0.15) is 44.2 Å². The zero-order valence-corrected chi connectivity index (χ0v) is 17.2. The zero-order chi connectivity index (χ0) is 19.5. The summed E-state index contributed by atoms with van der Waals surface area (Å²) in [5, 5.41) is 0. The van der Waals surface area contributed by atoms with E-state index in [0.717, 1.165) is 25.2 Å². The van der Waals surface area contributed by atoms with Crippen molar-refractivity contribution in [3.05, 3.63) is 65.7 Å². The number of carbonyl (C=O) groups excluding carboxylic acids is 1. The second kappa shape index (κ2) is 8.48. The summed E-state index contributed by atoms with van der Waals surface area (Å²) in [6, 6.07) is 20.1. The Balaban J connectivity index is 1.47. The van der Waals surface area contributed by atoms with Crippen LogP contribution in [0.4, 0.5) is 5.69 Å². The summed E-state index contributed by atoms with van der Waals surface area (Å²) in [7, 11) is 0. The summed E-state index contributed by atoms with van der Waals surface area (Å²) in [4.78, 5) is 17.6. The Bertz CT molecular complexity index is 803. The van der Waals surface area contributed by atoms with Crippen molar-refractivity contribution in [1.29, 1.82) is 0 Å². The molecule has 1 amide bonds. The van der Waals surface area contributed by atoms with Gasteiger partial charge in [0.15, 0.2) is 0 Å². The van der Waals surface area contributed by atoms with E-state index in [1.807, 2.05) is 25.1 Å². The number of hydrogen-bond acceptors (Lipinski definition) is 2. The molecule has 4 rings (SSSR count). The molecule has 0 saturated carbocycles. The minimum absolute atomic E-state index is 0.239. The van der Waals surface area contributed by atoms with Gasteiger partial charge in [-0.15, -0.1) is 0 Å². The maximum atomic E-state index is 12.8. The van der Waals surface area contributed by atoms with Gasteiger partial charge < -0.3 is 4.90 Å². The number of amides is 1. The van der Waals surface area contributed by atoms with Crippen molar-refractivity contribution in [2.24, 2.45) is 5.92 Å². The quantitative estimate of drug-likeness (QED) is 0.772. The Labute approximate surface area is 169 Å². The Kier molecular flexibility index (Phi) is 5.82. The predicted molar refractivity (Wildman–Crippen MR) is 116 cm³/mol. The number of fused-ring (bicyclic) bond motifs is 1. The molecule has 3 atom stereocenters. The van der Waals surface area contributed by atoms with Gasteiger partial charge >= 0.3 is 0 Å². The van der Waals surface area contributed by atoms with Crippen LogP contribution in [0.25, 0.3) is 0 Å². The second-order valence-electron chi connectivity index (χ2n) is 8.45. The van der Waals surface area contributed by atoms with Crippen LogP contribution in [-0.4, -0.2) is 36.0 Å². The molecule has 1 saturated heterocycles. The smallest absolute Gasteiger partial charge is 0.226 e. The number of benzene rings is 2. The van der Waals surface area contributed by atoms with Gasteiger partial charge in [-0.3, -0.25) is 9.69 Å². The van der Waals surface area contributed by atoms with Gasteiger partial charge in [0, 0.05) is 37.3 Å². The topological polar surface area (TPSA) is 23.6 Å². The predicted octanol–water partition coefficient (Wildman–Crippen LogP) is 4.70. The Morgan fingerprint density at radius 3 is 2.46 bits per heavy atom. The number of anilines is 1. The maximum absolute atomic E-state index is 12.8. The van der Waals surface area contributed by atoms with Crippen molar-refractivity contribution in [1.82, 2.24) is 4.90 Å². The van der Waals surface area contributed by atoms with Crippen LogP contribution >= 0.6 is 0 Å². The van der Waals surface area contributed by atoms with Crippen LogP contribution in [-0.2, 0) is 17.6 Å². The SMILES string of the molecule is CCC(=O)N(c1ccccc1)C1CCN(C2CCc3ccccc3C2)CC1C. The molecule has 1 aliphatic heterocycles. The van der Waals surface area contributed by atoms with Crippen molar-refractivity contribution in [2.45, 2.75) is 58.0 Å². The summed E-state index contributed by atoms with van der Waals surface area (Å²) in [6.45, 7) is 6.46. The Hall–Kier alpha value is -2.13. The number of nitrogens with zero attached hydrogens (tertiary/aromatic N) is 2. The lowest BCUT2D eigenvalue weighted by Crippen LogP contribution is -2.55. The average molecular weight is 377 g/mol. The molecular formula is C25H32N2O. The van der Waals surface area contributed by atoms with Gasteiger partial charge in [-0.1, -0.05) is 56.3 Å². The molecule has 0 bridgehead atoms. The first-order chi connectivity index (χ1) is 13.7. The second-order valence-corrected chi connectivity index (χ2v) is 8.45. The highest BCUT2D eigenvalue weighted by Gasteiger charge is 2.36. The molecule has 2 aliphatic rings. The Morgan fingerprint density at radius 2 is 1.75 bits per heavy atom. The number of piperidine rings is 1. The van der Waals surface area contributed by atoms with Gasteiger partial charge in [0.05, 0.1) is 0 Å². The molecule has 1 aliphatic carbocycles. The number of rotatable bonds is 4. The molecule has 0 spiro atoms. The third kappa shape index (κ3) is 3.86. The van der Waals surface area contributed by atoms with E-state index in [9.17, 15) is 4.79 Å². The van der Waals surface area contributed by atoms with Crippen molar-refractivity contribution >= 4 is 11.6 Å². The largest absolute Gasteiger partial charge is 0.309 e. The molecule has 2 aromatic carbocycles. The number of likely N-dealkylation sites (tertiary alicyclic amines) is 1. The van der Waals surface area contributed by atoms with E-state index in [-0.39, 0.29) is 5.91 Å². The molecule has 1 heterocycles. The van der Waals surface area contributed by atoms with E-state index < -0.39 is 0 Å². The summed E-state index contributed by atoms with van der Waals surface area (Å²) in [5.41, 5.74) is 4.11. The third-order valence-electron chi connectivity index (χ3n) is 6.67. The zero-order valence-electron chi connectivity index (χ0n) is 17.2. The van der Waals surface area contributed by atoms with Gasteiger partial charge in [0.2, 0.25) is 5.91 Å². The molecule has 0 aromatic heterocycles. The summed E-state index contributed by atoms with van der Waals surface area (Å²) >= 11 is 0. The first kappa shape index (κ1) is 19.2. The molecule has 0 radical (unpaired) electrons. The molecule has 3 heteroatoms. The van der Waals surface area contributed by atoms with Crippen molar-refractivity contribution in [3.63, 3.8) is 0 Å². The van der Waals surface area contributed by atoms with Crippen LogP contribution in [0.15, 0.2) is 54.6 Å². The molecule has 2 aromatic rings.